The fraction of sp³-hybridized carbons (Fsp3) is 0.273. The minimum atomic E-state index is -0.544. The van der Waals surface area contributed by atoms with Crippen LogP contribution in [0.1, 0.15) is 12.8 Å². The van der Waals surface area contributed by atoms with Crippen molar-refractivity contribution in [2.45, 2.75) is 31.5 Å². The van der Waals surface area contributed by atoms with E-state index in [9.17, 15) is 9.59 Å². The summed E-state index contributed by atoms with van der Waals surface area (Å²) in [6.07, 6.45) is 2.94. The molecule has 0 bridgehead atoms. The molecule has 1 aliphatic carbocycles. The fourth-order valence-corrected chi connectivity index (χ4v) is 5.53. The zero-order chi connectivity index (χ0) is 23.6. The standard InChI is InChI=1S/C22H18Br2N8O2/c23-14-2-1-3-16(28-14)30-22(34)13-7-10-6-12(10)32(13)17(33)8-31-11-4-5-15(24)29-19(11)18-20(25)26-9-27-21(18)31/h1-5,9-10,12-13H,6-8H2,(H2,25,26,27)(H,28,30,34)/t10-,12-,13+/m1/s1. The first-order valence-corrected chi connectivity index (χ1v) is 12.3. The van der Waals surface area contributed by atoms with Crippen molar-refractivity contribution in [2.75, 3.05) is 11.1 Å². The molecule has 2 amide bonds. The van der Waals surface area contributed by atoms with Crippen LogP contribution in [0.15, 0.2) is 45.9 Å². The first kappa shape index (κ1) is 21.4. The van der Waals surface area contributed by atoms with Gasteiger partial charge in [0.1, 0.15) is 50.9 Å². The van der Waals surface area contributed by atoms with Crippen molar-refractivity contribution in [3.05, 3.63) is 45.9 Å². The van der Waals surface area contributed by atoms with Gasteiger partial charge >= 0.3 is 0 Å². The second kappa shape index (κ2) is 7.98. The number of hydrogen-bond acceptors (Lipinski definition) is 7. The highest BCUT2D eigenvalue weighted by Crippen LogP contribution is 2.48. The summed E-state index contributed by atoms with van der Waals surface area (Å²) in [6.45, 7) is 0.0158. The zero-order valence-electron chi connectivity index (χ0n) is 17.7. The largest absolute Gasteiger partial charge is 0.383 e. The van der Waals surface area contributed by atoms with E-state index in [4.69, 9.17) is 5.73 Å². The van der Waals surface area contributed by atoms with E-state index < -0.39 is 6.04 Å². The van der Waals surface area contributed by atoms with E-state index in [0.29, 0.717) is 49.7 Å². The van der Waals surface area contributed by atoms with Gasteiger partial charge in [0.15, 0.2) is 0 Å². The molecule has 1 saturated carbocycles. The number of fused-ring (bicyclic) bond motifs is 4. The van der Waals surface area contributed by atoms with Crippen molar-refractivity contribution >= 4 is 77.4 Å². The molecule has 6 rings (SSSR count). The van der Waals surface area contributed by atoms with Gasteiger partial charge in [0.25, 0.3) is 0 Å². The Hall–Kier alpha value is -3.12. The maximum atomic E-state index is 13.6. The number of nitrogens with one attached hydrogen (secondary N) is 1. The highest BCUT2D eigenvalue weighted by Gasteiger charge is 2.56. The summed E-state index contributed by atoms with van der Waals surface area (Å²) in [5, 5.41) is 3.45. The van der Waals surface area contributed by atoms with E-state index in [-0.39, 0.29) is 24.4 Å². The van der Waals surface area contributed by atoms with Crippen LogP contribution in [0.25, 0.3) is 22.1 Å². The molecule has 5 heterocycles. The lowest BCUT2D eigenvalue weighted by molar-refractivity contribution is -0.138. The zero-order valence-corrected chi connectivity index (χ0v) is 20.8. The molecule has 1 aliphatic heterocycles. The molecule has 0 spiro atoms. The molecule has 3 atom stereocenters. The van der Waals surface area contributed by atoms with E-state index in [0.717, 1.165) is 11.9 Å². The van der Waals surface area contributed by atoms with Gasteiger partial charge in [-0.3, -0.25) is 9.59 Å². The number of halogens is 2. The smallest absolute Gasteiger partial charge is 0.248 e. The maximum Gasteiger partial charge on any atom is 0.248 e. The van der Waals surface area contributed by atoms with E-state index in [1.165, 1.54) is 6.33 Å². The monoisotopic (exact) mass is 584 g/mol. The van der Waals surface area contributed by atoms with Crippen LogP contribution in [0.5, 0.6) is 0 Å². The number of nitrogen functional groups attached to an aromatic ring is 1. The van der Waals surface area contributed by atoms with Gasteiger partial charge in [0.2, 0.25) is 11.8 Å². The third kappa shape index (κ3) is 3.52. The average Bonchev–Trinajstić information content (AvgIpc) is 3.35. The van der Waals surface area contributed by atoms with Crippen molar-refractivity contribution in [3.8, 4) is 0 Å². The van der Waals surface area contributed by atoms with Gasteiger partial charge in [-0.2, -0.15) is 0 Å². The first-order valence-electron chi connectivity index (χ1n) is 10.7. The second-order valence-corrected chi connectivity index (χ2v) is 10.1. The number of carbonyl (C=O) groups is 2. The fourth-order valence-electron chi connectivity index (χ4n) is 4.88. The Morgan fingerprint density at radius 3 is 2.74 bits per heavy atom. The summed E-state index contributed by atoms with van der Waals surface area (Å²) in [4.78, 5) is 45.7. The Labute approximate surface area is 210 Å². The number of rotatable bonds is 4. The number of nitrogens with zero attached hydrogens (tertiary/aromatic N) is 6. The van der Waals surface area contributed by atoms with Crippen LogP contribution in [0.2, 0.25) is 0 Å². The lowest BCUT2D eigenvalue weighted by Crippen LogP contribution is -2.46. The molecule has 3 N–H and O–H groups in total. The van der Waals surface area contributed by atoms with Crippen LogP contribution >= 0.6 is 31.9 Å². The molecule has 0 radical (unpaired) electrons. The summed E-state index contributed by atoms with van der Waals surface area (Å²) < 4.78 is 3.07. The molecule has 2 fully saturated rings. The summed E-state index contributed by atoms with van der Waals surface area (Å²) >= 11 is 6.71. The Morgan fingerprint density at radius 2 is 1.91 bits per heavy atom. The number of anilines is 2. The Balaban J connectivity index is 1.32. The van der Waals surface area contributed by atoms with Crippen molar-refractivity contribution < 1.29 is 9.59 Å². The first-order chi connectivity index (χ1) is 16.4. The number of nitrogens with two attached hydrogens (primary N) is 1. The van der Waals surface area contributed by atoms with E-state index in [1.54, 1.807) is 33.7 Å². The Bertz CT molecular complexity index is 1490. The number of likely N-dealkylation sites (tertiary alicyclic amines) is 1. The molecule has 4 aromatic rings. The molecule has 4 aromatic heterocycles. The molecule has 1 saturated heterocycles. The number of hydrogen-bond donors (Lipinski definition) is 2. The second-order valence-electron chi connectivity index (χ2n) is 8.50. The van der Waals surface area contributed by atoms with E-state index in [1.807, 2.05) is 6.07 Å². The predicted octanol–water partition coefficient (Wildman–Crippen LogP) is 3.11. The van der Waals surface area contributed by atoms with Crippen LogP contribution in [0.3, 0.4) is 0 Å². The molecule has 0 unspecified atom stereocenters. The molecular formula is C22H18Br2N8O2. The normalized spacial score (nSPS) is 21.1. The maximum absolute atomic E-state index is 13.6. The third-order valence-electron chi connectivity index (χ3n) is 6.43. The Morgan fingerprint density at radius 1 is 1.09 bits per heavy atom. The third-order valence-corrected chi connectivity index (χ3v) is 7.32. The van der Waals surface area contributed by atoms with Crippen LogP contribution in [0, 0.1) is 5.92 Å². The van der Waals surface area contributed by atoms with Gasteiger partial charge in [-0.15, -0.1) is 0 Å². The van der Waals surface area contributed by atoms with Gasteiger partial charge in [-0.1, -0.05) is 6.07 Å². The van der Waals surface area contributed by atoms with Crippen molar-refractivity contribution in [1.82, 2.24) is 29.4 Å². The molecular weight excluding hydrogens is 568 g/mol. The van der Waals surface area contributed by atoms with Crippen molar-refractivity contribution in [3.63, 3.8) is 0 Å². The lowest BCUT2D eigenvalue weighted by atomic mass is 10.1. The van der Waals surface area contributed by atoms with Gasteiger partial charge in [0.05, 0.1) is 10.9 Å². The van der Waals surface area contributed by atoms with Crippen LogP contribution in [0.4, 0.5) is 11.6 Å². The minimum Gasteiger partial charge on any atom is -0.383 e. The highest BCUT2D eigenvalue weighted by molar-refractivity contribution is 9.10. The average molecular weight is 586 g/mol. The molecule has 2 aliphatic rings. The molecule has 12 heteroatoms. The highest BCUT2D eigenvalue weighted by atomic mass is 79.9. The predicted molar refractivity (Wildman–Crippen MR) is 133 cm³/mol. The number of aromatic nitrogens is 5. The molecule has 0 aromatic carbocycles. The SMILES string of the molecule is Nc1ncnc2c1c1nc(Br)ccc1n2CC(=O)N1[C@@H]2C[C@@H]2C[C@H]1C(=O)Nc1cccc(Br)n1. The van der Waals surface area contributed by atoms with Gasteiger partial charge < -0.3 is 20.5 Å². The van der Waals surface area contributed by atoms with E-state index >= 15 is 0 Å². The number of pyridine rings is 2. The number of amides is 2. The summed E-state index contributed by atoms with van der Waals surface area (Å²) in [5.41, 5.74) is 8.02. The molecule has 172 valence electrons. The van der Waals surface area contributed by atoms with Crippen LogP contribution < -0.4 is 11.1 Å². The van der Waals surface area contributed by atoms with Gasteiger partial charge in [0, 0.05) is 6.04 Å². The Kier molecular flexibility index (Phi) is 5.03. The van der Waals surface area contributed by atoms with Crippen molar-refractivity contribution in [2.24, 2.45) is 5.92 Å². The van der Waals surface area contributed by atoms with Crippen LogP contribution in [-0.2, 0) is 16.1 Å². The summed E-state index contributed by atoms with van der Waals surface area (Å²) in [5.74, 6) is 0.716. The van der Waals surface area contributed by atoms with Crippen LogP contribution in [-0.4, -0.2) is 53.3 Å². The van der Waals surface area contributed by atoms with E-state index in [2.05, 4.69) is 57.1 Å². The lowest BCUT2D eigenvalue weighted by Gasteiger charge is -2.27. The topological polar surface area (TPSA) is 132 Å². The number of piperidine rings is 1. The number of carbonyl (C=O) groups excluding carboxylic acids is 2. The van der Waals surface area contributed by atoms with Gasteiger partial charge in [-0.05, 0) is 74.9 Å². The summed E-state index contributed by atoms with van der Waals surface area (Å²) in [6, 6.07) is 8.51. The minimum absolute atomic E-state index is 0.0158. The molecule has 10 nitrogen and oxygen atoms in total. The summed E-state index contributed by atoms with van der Waals surface area (Å²) in [7, 11) is 0. The molecule has 34 heavy (non-hydrogen) atoms. The van der Waals surface area contributed by atoms with Gasteiger partial charge in [-0.25, -0.2) is 19.9 Å². The van der Waals surface area contributed by atoms with Crippen molar-refractivity contribution in [1.29, 1.82) is 0 Å². The quantitative estimate of drug-likeness (QED) is 0.352.